The van der Waals surface area contributed by atoms with E-state index in [9.17, 15) is 9.59 Å². The molecule has 1 aromatic carbocycles. The van der Waals surface area contributed by atoms with E-state index in [1.54, 1.807) is 30.3 Å². The Morgan fingerprint density at radius 3 is 2.40 bits per heavy atom. The minimum Gasteiger partial charge on any atom is -0.287 e. The van der Waals surface area contributed by atoms with Gasteiger partial charge in [-0.15, -0.1) is 0 Å². The van der Waals surface area contributed by atoms with Crippen LogP contribution in [0.5, 0.6) is 0 Å². The number of halogens is 2. The fourth-order valence-electron chi connectivity index (χ4n) is 1.65. The highest BCUT2D eigenvalue weighted by atomic mass is 79.9. The van der Waals surface area contributed by atoms with Gasteiger partial charge in [-0.05, 0) is 12.1 Å². The van der Waals surface area contributed by atoms with Gasteiger partial charge in [0.25, 0.3) is 0 Å². The SMILES string of the molecule is CC(=O)N(Br)c1ccc(Cl)nc1C(=O)c1ccccc1. The van der Waals surface area contributed by atoms with E-state index in [-0.39, 0.29) is 22.5 Å². The van der Waals surface area contributed by atoms with Crippen LogP contribution in [0.3, 0.4) is 0 Å². The van der Waals surface area contributed by atoms with Crippen LogP contribution >= 0.6 is 27.7 Å². The van der Waals surface area contributed by atoms with Crippen LogP contribution in [0.25, 0.3) is 0 Å². The lowest BCUT2D eigenvalue weighted by Crippen LogP contribution is -2.20. The van der Waals surface area contributed by atoms with Crippen molar-refractivity contribution in [2.24, 2.45) is 0 Å². The van der Waals surface area contributed by atoms with Gasteiger partial charge in [-0.2, -0.15) is 0 Å². The lowest BCUT2D eigenvalue weighted by molar-refractivity contribution is -0.115. The summed E-state index contributed by atoms with van der Waals surface area (Å²) in [6, 6.07) is 11.8. The smallest absolute Gasteiger partial charge is 0.234 e. The maximum absolute atomic E-state index is 12.5. The molecular weight excluding hydrogens is 344 g/mol. The van der Waals surface area contributed by atoms with Crippen LogP contribution in [0.2, 0.25) is 5.15 Å². The molecule has 0 saturated heterocycles. The monoisotopic (exact) mass is 352 g/mol. The number of carbonyl (C=O) groups excluding carboxylic acids is 2. The molecule has 0 aliphatic heterocycles. The van der Waals surface area contributed by atoms with E-state index >= 15 is 0 Å². The highest BCUT2D eigenvalue weighted by Gasteiger charge is 2.21. The average molecular weight is 354 g/mol. The number of pyridine rings is 1. The van der Waals surface area contributed by atoms with E-state index in [4.69, 9.17) is 11.6 Å². The zero-order valence-electron chi connectivity index (χ0n) is 10.5. The summed E-state index contributed by atoms with van der Waals surface area (Å²) in [4.78, 5) is 28.0. The van der Waals surface area contributed by atoms with Gasteiger partial charge in [0, 0.05) is 12.5 Å². The number of amides is 1. The summed E-state index contributed by atoms with van der Waals surface area (Å²) in [5, 5.41) is 0.192. The van der Waals surface area contributed by atoms with Crippen LogP contribution in [-0.4, -0.2) is 16.7 Å². The Kier molecular flexibility index (Phi) is 4.52. The summed E-state index contributed by atoms with van der Waals surface area (Å²) in [5.41, 5.74) is 0.958. The van der Waals surface area contributed by atoms with Gasteiger partial charge in [-0.1, -0.05) is 41.9 Å². The van der Waals surface area contributed by atoms with Gasteiger partial charge in [-0.3, -0.25) is 9.59 Å². The van der Waals surface area contributed by atoms with E-state index in [1.165, 1.54) is 16.9 Å². The molecule has 2 rings (SSSR count). The Bertz CT molecular complexity index is 661. The molecule has 1 amide bonds. The Labute approximate surface area is 129 Å². The van der Waals surface area contributed by atoms with Crippen molar-refractivity contribution in [1.82, 2.24) is 4.98 Å². The maximum atomic E-state index is 12.5. The number of ketones is 1. The summed E-state index contributed by atoms with van der Waals surface area (Å²) < 4.78 is 1.19. The van der Waals surface area contributed by atoms with Crippen LogP contribution in [0.4, 0.5) is 5.69 Å². The molecule has 20 heavy (non-hydrogen) atoms. The fourth-order valence-corrected chi connectivity index (χ4v) is 2.08. The second-order valence-corrected chi connectivity index (χ2v) is 5.09. The number of hydrogen-bond donors (Lipinski definition) is 0. The Morgan fingerprint density at radius 1 is 1.15 bits per heavy atom. The summed E-state index contributed by atoms with van der Waals surface area (Å²) >= 11 is 8.97. The van der Waals surface area contributed by atoms with Crippen LogP contribution in [-0.2, 0) is 4.79 Å². The first-order valence-electron chi connectivity index (χ1n) is 5.73. The molecule has 2 aromatic rings. The lowest BCUT2D eigenvalue weighted by atomic mass is 10.1. The number of hydrogen-bond acceptors (Lipinski definition) is 3. The van der Waals surface area contributed by atoms with E-state index < -0.39 is 0 Å². The summed E-state index contributed by atoms with van der Waals surface area (Å²) in [6.45, 7) is 1.38. The van der Waals surface area contributed by atoms with Gasteiger partial charge in [0.05, 0.1) is 21.8 Å². The summed E-state index contributed by atoms with van der Waals surface area (Å²) in [7, 11) is 0. The molecule has 0 unspecified atom stereocenters. The average Bonchev–Trinajstić information content (AvgIpc) is 2.46. The van der Waals surface area contributed by atoms with Gasteiger partial charge in [-0.25, -0.2) is 8.91 Å². The van der Waals surface area contributed by atoms with E-state index in [1.807, 2.05) is 6.07 Å². The first kappa shape index (κ1) is 14.7. The largest absolute Gasteiger partial charge is 0.287 e. The van der Waals surface area contributed by atoms with Gasteiger partial charge in [0.1, 0.15) is 10.8 Å². The van der Waals surface area contributed by atoms with Crippen molar-refractivity contribution in [2.45, 2.75) is 6.92 Å². The highest BCUT2D eigenvalue weighted by molar-refractivity contribution is 9.10. The third-order valence-electron chi connectivity index (χ3n) is 2.58. The topological polar surface area (TPSA) is 50.3 Å². The van der Waals surface area contributed by atoms with Crippen molar-refractivity contribution >= 4 is 45.1 Å². The minimum atomic E-state index is -0.297. The van der Waals surface area contributed by atoms with Crippen molar-refractivity contribution in [3.05, 3.63) is 58.9 Å². The highest BCUT2D eigenvalue weighted by Crippen LogP contribution is 2.26. The standard InChI is InChI=1S/C14H10BrClN2O2/c1-9(19)18(15)11-7-8-12(16)17-13(11)14(20)10-5-3-2-4-6-10/h2-8H,1H3. The molecule has 6 heteroatoms. The molecule has 0 radical (unpaired) electrons. The van der Waals surface area contributed by atoms with E-state index in [2.05, 4.69) is 21.1 Å². The number of nitrogens with zero attached hydrogens (tertiary/aromatic N) is 2. The molecule has 0 spiro atoms. The number of anilines is 1. The first-order valence-corrected chi connectivity index (χ1v) is 6.82. The van der Waals surface area contributed by atoms with Crippen LogP contribution in [0.1, 0.15) is 23.0 Å². The van der Waals surface area contributed by atoms with Gasteiger partial charge in [0.15, 0.2) is 0 Å². The fraction of sp³-hybridized carbons (Fsp3) is 0.0714. The predicted octanol–water partition coefficient (Wildman–Crippen LogP) is 3.63. The molecule has 0 N–H and O–H groups in total. The number of carbonyl (C=O) groups is 2. The summed E-state index contributed by atoms with van der Waals surface area (Å²) in [6.07, 6.45) is 0. The van der Waals surface area contributed by atoms with E-state index in [0.29, 0.717) is 11.3 Å². The first-order chi connectivity index (χ1) is 9.50. The van der Waals surface area contributed by atoms with Crippen LogP contribution < -0.4 is 3.93 Å². The summed E-state index contributed by atoms with van der Waals surface area (Å²) in [5.74, 6) is -0.565. The van der Waals surface area contributed by atoms with Crippen molar-refractivity contribution in [3.8, 4) is 0 Å². The molecule has 0 fully saturated rings. The molecule has 4 nitrogen and oxygen atoms in total. The molecule has 0 saturated carbocycles. The lowest BCUT2D eigenvalue weighted by Gasteiger charge is -2.15. The molecule has 0 aliphatic rings. The molecule has 102 valence electrons. The third-order valence-corrected chi connectivity index (χ3v) is 3.67. The Balaban J connectivity index is 2.53. The van der Waals surface area contributed by atoms with Gasteiger partial charge in [0.2, 0.25) is 11.7 Å². The maximum Gasteiger partial charge on any atom is 0.234 e. The number of rotatable bonds is 3. The molecule has 0 bridgehead atoms. The molecular formula is C14H10BrClN2O2. The molecule has 0 aliphatic carbocycles. The normalized spacial score (nSPS) is 10.2. The number of benzene rings is 1. The van der Waals surface area contributed by atoms with Crippen LogP contribution in [0.15, 0.2) is 42.5 Å². The third kappa shape index (κ3) is 3.05. The zero-order valence-corrected chi connectivity index (χ0v) is 12.9. The number of aromatic nitrogens is 1. The molecule has 0 atom stereocenters. The zero-order chi connectivity index (χ0) is 14.7. The second kappa shape index (κ2) is 6.15. The van der Waals surface area contributed by atoms with Gasteiger partial charge >= 0.3 is 0 Å². The van der Waals surface area contributed by atoms with Crippen LogP contribution in [0, 0.1) is 0 Å². The van der Waals surface area contributed by atoms with Crippen molar-refractivity contribution in [3.63, 3.8) is 0 Å². The van der Waals surface area contributed by atoms with Crippen molar-refractivity contribution in [2.75, 3.05) is 3.93 Å². The molecule has 1 heterocycles. The van der Waals surface area contributed by atoms with Gasteiger partial charge < -0.3 is 0 Å². The molecule has 1 aromatic heterocycles. The minimum absolute atomic E-state index is 0.121. The van der Waals surface area contributed by atoms with Crippen molar-refractivity contribution in [1.29, 1.82) is 0 Å². The predicted molar refractivity (Wildman–Crippen MR) is 81.2 cm³/mol. The Hall–Kier alpha value is -1.72. The quantitative estimate of drug-likeness (QED) is 0.481. The van der Waals surface area contributed by atoms with Crippen molar-refractivity contribution < 1.29 is 9.59 Å². The second-order valence-electron chi connectivity index (χ2n) is 4.00. The Morgan fingerprint density at radius 2 is 1.80 bits per heavy atom. The van der Waals surface area contributed by atoms with E-state index in [0.717, 1.165) is 0 Å².